The molecular weight excluding hydrogens is 497 g/mol. The fraction of sp³-hybridized carbons (Fsp3) is 0.267. The molecule has 38 heavy (non-hydrogen) atoms. The van der Waals surface area contributed by atoms with Gasteiger partial charge in [-0.1, -0.05) is 104 Å². The molecule has 1 atom stereocenters. The van der Waals surface area contributed by atoms with Crippen LogP contribution in [0.15, 0.2) is 104 Å². The summed E-state index contributed by atoms with van der Waals surface area (Å²) in [5, 5.41) is 2.98. The molecule has 1 aromatic heterocycles. The van der Waals surface area contributed by atoms with E-state index < -0.39 is 13.8 Å². The maximum atomic E-state index is 12.7. The molecule has 8 heteroatoms. The first-order valence-electron chi connectivity index (χ1n) is 12.9. The van der Waals surface area contributed by atoms with Crippen LogP contribution in [0, 0.1) is 0 Å². The average Bonchev–Trinajstić information content (AvgIpc) is 3.40. The Morgan fingerprint density at radius 3 is 1.89 bits per heavy atom. The predicted octanol–water partition coefficient (Wildman–Crippen LogP) is 5.61. The summed E-state index contributed by atoms with van der Waals surface area (Å²) in [5.74, 6) is -0.0689. The molecule has 0 bridgehead atoms. The van der Waals surface area contributed by atoms with Gasteiger partial charge in [-0.2, -0.15) is 0 Å². The van der Waals surface area contributed by atoms with E-state index in [-0.39, 0.29) is 18.9 Å². The van der Waals surface area contributed by atoms with E-state index in [0.29, 0.717) is 12.2 Å². The molecule has 1 unspecified atom stereocenters. The molecule has 0 spiro atoms. The largest absolute Gasteiger partial charge is 0.694 e. The zero-order valence-electron chi connectivity index (χ0n) is 21.3. The van der Waals surface area contributed by atoms with Crippen molar-refractivity contribution < 1.29 is 18.8 Å². The van der Waals surface area contributed by atoms with E-state index in [1.165, 1.54) is 0 Å². The van der Waals surface area contributed by atoms with Gasteiger partial charge in [0.05, 0.1) is 18.4 Å². The zero-order valence-corrected chi connectivity index (χ0v) is 22.2. The highest BCUT2D eigenvalue weighted by atomic mass is 31.1. The van der Waals surface area contributed by atoms with E-state index >= 15 is 0 Å². The molecule has 4 aromatic rings. The van der Waals surface area contributed by atoms with Gasteiger partial charge in [-0.3, -0.25) is 4.79 Å². The molecule has 1 amide bonds. The summed E-state index contributed by atoms with van der Waals surface area (Å²) >= 11 is 0. The number of imidazole rings is 1. The number of benzene rings is 3. The van der Waals surface area contributed by atoms with Crippen molar-refractivity contribution in [3.8, 4) is 0 Å². The predicted molar refractivity (Wildman–Crippen MR) is 148 cm³/mol. The smallest absolute Gasteiger partial charge is 0.356 e. The molecule has 0 aliphatic carbocycles. The Balaban J connectivity index is 1.50. The lowest BCUT2D eigenvalue weighted by Crippen LogP contribution is -2.37. The lowest BCUT2D eigenvalue weighted by atomic mass is 9.77. The van der Waals surface area contributed by atoms with Gasteiger partial charge in [0.1, 0.15) is 12.1 Å². The summed E-state index contributed by atoms with van der Waals surface area (Å²) < 4.78 is 17.3. The first-order chi connectivity index (χ1) is 18.6. The molecule has 0 saturated carbocycles. The Labute approximate surface area is 224 Å². The quantitative estimate of drug-likeness (QED) is 0.126. The normalized spacial score (nSPS) is 11.8. The summed E-state index contributed by atoms with van der Waals surface area (Å²) in [5.41, 5.74) is 3.34. The molecular formula is C30H33N3O4P+. The van der Waals surface area contributed by atoms with Crippen LogP contribution in [0.4, 0.5) is 0 Å². The molecule has 0 saturated heterocycles. The van der Waals surface area contributed by atoms with E-state index in [4.69, 9.17) is 4.89 Å². The number of carbonyl (C=O) groups excluding carboxylic acids is 1. The first-order valence-corrected chi connectivity index (χ1v) is 14.0. The summed E-state index contributed by atoms with van der Waals surface area (Å²) in [6.07, 6.45) is 7.33. The van der Waals surface area contributed by atoms with Crippen molar-refractivity contribution in [1.82, 2.24) is 14.9 Å². The van der Waals surface area contributed by atoms with Crippen molar-refractivity contribution >= 4 is 14.2 Å². The Morgan fingerprint density at radius 1 is 0.842 bits per heavy atom. The second-order valence-electron chi connectivity index (χ2n) is 9.09. The molecule has 0 fully saturated rings. The number of carbonyl (C=O) groups is 1. The molecule has 7 nitrogen and oxygen atoms in total. The minimum atomic E-state index is -2.52. The van der Waals surface area contributed by atoms with E-state index in [9.17, 15) is 9.36 Å². The van der Waals surface area contributed by atoms with E-state index in [1.807, 2.05) is 67.1 Å². The minimum absolute atomic E-state index is 0.0689. The second-order valence-corrected chi connectivity index (χ2v) is 9.83. The van der Waals surface area contributed by atoms with Gasteiger partial charge in [0.15, 0.2) is 0 Å². The highest BCUT2D eigenvalue weighted by Crippen LogP contribution is 2.40. The standard InChI is InChI=1S/C30H32N3O4P/c34-29(31-20-12-1-2-13-21-37-38(35)36)22-28-23-33(24-32-28)30(25-14-6-3-7-15-25,26-16-8-4-9-17-26)27-18-10-5-11-19-27/h3-11,14-19,23-24H,1-2,12-13,20-22H2,(H-,31,34,35,36)/p+1. The van der Waals surface area contributed by atoms with Gasteiger partial charge in [-0.15, -0.1) is 9.42 Å². The second kappa shape index (κ2) is 13.8. The number of hydrogen-bond acceptors (Lipinski definition) is 4. The van der Waals surface area contributed by atoms with Crippen molar-refractivity contribution in [3.63, 3.8) is 0 Å². The Bertz CT molecular complexity index is 1200. The molecule has 0 aliphatic heterocycles. The van der Waals surface area contributed by atoms with Crippen LogP contribution in [0.2, 0.25) is 0 Å². The van der Waals surface area contributed by atoms with Gasteiger partial charge in [0.25, 0.3) is 0 Å². The van der Waals surface area contributed by atoms with Crippen LogP contribution in [-0.4, -0.2) is 33.5 Å². The monoisotopic (exact) mass is 530 g/mol. The van der Waals surface area contributed by atoms with Gasteiger partial charge in [-0.05, 0) is 29.5 Å². The fourth-order valence-electron chi connectivity index (χ4n) is 4.80. The van der Waals surface area contributed by atoms with E-state index in [2.05, 4.69) is 55.8 Å². The van der Waals surface area contributed by atoms with Crippen molar-refractivity contribution in [2.45, 2.75) is 37.6 Å². The number of amides is 1. The third kappa shape index (κ3) is 6.81. The van der Waals surface area contributed by atoms with Crippen LogP contribution in [0.25, 0.3) is 0 Å². The van der Waals surface area contributed by atoms with E-state index in [0.717, 1.165) is 42.4 Å². The van der Waals surface area contributed by atoms with Crippen LogP contribution in [0.1, 0.15) is 48.1 Å². The lowest BCUT2D eigenvalue weighted by molar-refractivity contribution is -0.120. The minimum Gasteiger partial charge on any atom is -0.356 e. The van der Waals surface area contributed by atoms with Crippen LogP contribution in [0.3, 0.4) is 0 Å². The topological polar surface area (TPSA) is 93.5 Å². The number of aromatic nitrogens is 2. The number of hydrogen-bond donors (Lipinski definition) is 2. The van der Waals surface area contributed by atoms with Crippen LogP contribution in [-0.2, 0) is 25.8 Å². The molecule has 1 heterocycles. The third-order valence-electron chi connectivity index (χ3n) is 6.53. The van der Waals surface area contributed by atoms with Crippen LogP contribution in [0.5, 0.6) is 0 Å². The van der Waals surface area contributed by atoms with E-state index in [1.54, 1.807) is 0 Å². The maximum Gasteiger partial charge on any atom is 0.694 e. The van der Waals surface area contributed by atoms with Gasteiger partial charge >= 0.3 is 8.25 Å². The fourth-order valence-corrected chi connectivity index (χ4v) is 5.09. The summed E-state index contributed by atoms with van der Waals surface area (Å²) in [7, 11) is -2.52. The first kappa shape index (κ1) is 27.4. The number of nitrogens with zero attached hydrogens (tertiary/aromatic N) is 2. The molecule has 3 aromatic carbocycles. The Morgan fingerprint density at radius 2 is 1.37 bits per heavy atom. The highest BCUT2D eigenvalue weighted by Gasteiger charge is 2.38. The number of nitrogens with one attached hydrogen (secondary N) is 1. The molecule has 196 valence electrons. The van der Waals surface area contributed by atoms with Crippen molar-refractivity contribution in [3.05, 3.63) is 126 Å². The van der Waals surface area contributed by atoms with Crippen molar-refractivity contribution in [2.75, 3.05) is 13.2 Å². The third-order valence-corrected chi connectivity index (χ3v) is 6.94. The van der Waals surface area contributed by atoms with Crippen LogP contribution < -0.4 is 5.32 Å². The molecule has 4 rings (SSSR count). The zero-order chi connectivity index (χ0) is 26.6. The SMILES string of the molecule is O=C(Cc1cn(C(c2ccccc2)(c2ccccc2)c2ccccc2)cn1)NCCCCCCO[P+](=O)O. The summed E-state index contributed by atoms with van der Waals surface area (Å²) in [6.45, 7) is 0.855. The molecule has 2 N–H and O–H groups in total. The van der Waals surface area contributed by atoms with Gasteiger partial charge in [0, 0.05) is 17.3 Å². The molecule has 0 radical (unpaired) electrons. The number of rotatable bonds is 14. The van der Waals surface area contributed by atoms with Gasteiger partial charge in [-0.25, -0.2) is 4.98 Å². The highest BCUT2D eigenvalue weighted by molar-refractivity contribution is 7.32. The molecule has 0 aliphatic rings. The van der Waals surface area contributed by atoms with Gasteiger partial charge in [0.2, 0.25) is 5.91 Å². The number of unbranched alkanes of at least 4 members (excludes halogenated alkanes) is 3. The van der Waals surface area contributed by atoms with Crippen molar-refractivity contribution in [1.29, 1.82) is 0 Å². The van der Waals surface area contributed by atoms with Gasteiger partial charge < -0.3 is 9.88 Å². The Hall–Kier alpha value is -3.64. The van der Waals surface area contributed by atoms with Crippen LogP contribution >= 0.6 is 8.25 Å². The summed E-state index contributed by atoms with van der Waals surface area (Å²) in [6, 6.07) is 31.1. The maximum absolute atomic E-state index is 12.7. The average molecular weight is 531 g/mol. The van der Waals surface area contributed by atoms with Crippen molar-refractivity contribution in [2.24, 2.45) is 0 Å². The Kier molecular flexibility index (Phi) is 9.93. The summed E-state index contributed by atoms with van der Waals surface area (Å²) in [4.78, 5) is 25.9. The lowest BCUT2D eigenvalue weighted by Gasteiger charge is -2.37.